The number of hydrogen-bond acceptors (Lipinski definition) is 2. The molecule has 0 radical (unpaired) electrons. The van der Waals surface area contributed by atoms with Crippen molar-refractivity contribution in [2.45, 2.75) is 37.6 Å². The lowest BCUT2D eigenvalue weighted by molar-refractivity contribution is 0.428. The third kappa shape index (κ3) is 3.18. The van der Waals surface area contributed by atoms with Gasteiger partial charge in [-0.05, 0) is 43.1 Å². The van der Waals surface area contributed by atoms with E-state index in [9.17, 15) is 0 Å². The van der Waals surface area contributed by atoms with E-state index in [0.717, 1.165) is 12.8 Å². The number of nitrogens with two attached hydrogens (primary N) is 1. The number of hydrazine groups is 1. The zero-order valence-corrected chi connectivity index (χ0v) is 10.3. The minimum Gasteiger partial charge on any atom is -0.271 e. The van der Waals surface area contributed by atoms with Gasteiger partial charge in [-0.25, -0.2) is 0 Å². The second kappa shape index (κ2) is 5.99. The highest BCUT2D eigenvalue weighted by Crippen LogP contribution is 2.50. The summed E-state index contributed by atoms with van der Waals surface area (Å²) in [5.41, 5.74) is 4.45. The maximum absolute atomic E-state index is 5.66. The maximum Gasteiger partial charge on any atom is 0.0244 e. The first kappa shape index (κ1) is 12.3. The number of allylic oxidation sites excluding steroid dienone is 1. The topological polar surface area (TPSA) is 38.0 Å². The molecule has 1 aliphatic rings. The Morgan fingerprint density at radius 3 is 2.82 bits per heavy atom. The minimum absolute atomic E-state index is 0.458. The van der Waals surface area contributed by atoms with Crippen LogP contribution >= 0.6 is 0 Å². The number of unbranched alkanes of at least 4 members (excludes halogenated alkanes) is 1. The van der Waals surface area contributed by atoms with E-state index in [-0.39, 0.29) is 0 Å². The predicted octanol–water partition coefficient (Wildman–Crippen LogP) is 2.98. The summed E-state index contributed by atoms with van der Waals surface area (Å²) in [6.07, 6.45) is 6.66. The molecule has 1 saturated carbocycles. The standard InChI is InChI=1S/C15H22N2/c1-2-3-5-10-15(17-16)14-11-13(14)12-8-6-4-7-9-12/h2,4,6-9,13-15,17H,1,3,5,10-11,16H2. The highest BCUT2D eigenvalue weighted by Gasteiger charge is 2.42. The highest BCUT2D eigenvalue weighted by molar-refractivity contribution is 5.26. The molecule has 0 aliphatic heterocycles. The van der Waals surface area contributed by atoms with Crippen LogP contribution in [0.3, 0.4) is 0 Å². The van der Waals surface area contributed by atoms with Crippen molar-refractivity contribution in [2.75, 3.05) is 0 Å². The predicted molar refractivity (Wildman–Crippen MR) is 72.4 cm³/mol. The Bertz CT molecular complexity index is 347. The molecule has 3 unspecified atom stereocenters. The zero-order valence-electron chi connectivity index (χ0n) is 10.3. The van der Waals surface area contributed by atoms with E-state index in [1.807, 2.05) is 6.08 Å². The van der Waals surface area contributed by atoms with Crippen molar-refractivity contribution in [1.29, 1.82) is 0 Å². The first-order valence-electron chi connectivity index (χ1n) is 6.48. The van der Waals surface area contributed by atoms with Crippen LogP contribution < -0.4 is 11.3 Å². The van der Waals surface area contributed by atoms with Crippen LogP contribution in [0.5, 0.6) is 0 Å². The fourth-order valence-electron chi connectivity index (χ4n) is 2.65. The van der Waals surface area contributed by atoms with Crippen LogP contribution in [-0.4, -0.2) is 6.04 Å². The quantitative estimate of drug-likeness (QED) is 0.327. The Morgan fingerprint density at radius 2 is 2.18 bits per heavy atom. The third-order valence-corrected chi connectivity index (χ3v) is 3.72. The molecule has 1 fully saturated rings. The molecule has 17 heavy (non-hydrogen) atoms. The molecule has 1 aromatic carbocycles. The van der Waals surface area contributed by atoms with Gasteiger partial charge in [0.05, 0.1) is 0 Å². The lowest BCUT2D eigenvalue weighted by atomic mass is 10.0. The molecule has 1 aromatic rings. The summed E-state index contributed by atoms with van der Waals surface area (Å²) in [6, 6.07) is 11.2. The molecule has 0 saturated heterocycles. The second-order valence-electron chi connectivity index (χ2n) is 4.91. The van der Waals surface area contributed by atoms with Gasteiger partial charge in [-0.15, -0.1) is 6.58 Å². The van der Waals surface area contributed by atoms with Crippen LogP contribution in [0.4, 0.5) is 0 Å². The van der Waals surface area contributed by atoms with Crippen molar-refractivity contribution < 1.29 is 0 Å². The number of benzene rings is 1. The maximum atomic E-state index is 5.66. The van der Waals surface area contributed by atoms with Crippen LogP contribution in [-0.2, 0) is 0 Å². The van der Waals surface area contributed by atoms with Crippen molar-refractivity contribution in [3.05, 3.63) is 48.6 Å². The van der Waals surface area contributed by atoms with E-state index < -0.39 is 0 Å². The number of nitrogens with one attached hydrogen (secondary N) is 1. The summed E-state index contributed by atoms with van der Waals surface area (Å²) >= 11 is 0. The van der Waals surface area contributed by atoms with Gasteiger partial charge in [0.15, 0.2) is 0 Å². The van der Waals surface area contributed by atoms with Gasteiger partial charge in [0.1, 0.15) is 0 Å². The van der Waals surface area contributed by atoms with E-state index in [4.69, 9.17) is 5.84 Å². The Hall–Kier alpha value is -1.12. The number of rotatable bonds is 7. The van der Waals surface area contributed by atoms with Crippen LogP contribution in [0, 0.1) is 5.92 Å². The lowest BCUT2D eigenvalue weighted by Crippen LogP contribution is -2.37. The lowest BCUT2D eigenvalue weighted by Gasteiger charge is -2.15. The van der Waals surface area contributed by atoms with Crippen LogP contribution in [0.25, 0.3) is 0 Å². The molecule has 1 aliphatic carbocycles. The van der Waals surface area contributed by atoms with Gasteiger partial charge < -0.3 is 0 Å². The Morgan fingerprint density at radius 1 is 1.41 bits per heavy atom. The minimum atomic E-state index is 0.458. The summed E-state index contributed by atoms with van der Waals surface area (Å²) in [5.74, 6) is 7.08. The molecular formula is C15H22N2. The van der Waals surface area contributed by atoms with Gasteiger partial charge in [0, 0.05) is 6.04 Å². The molecule has 92 valence electrons. The van der Waals surface area contributed by atoms with Gasteiger partial charge in [-0.2, -0.15) is 0 Å². The number of hydrogen-bond donors (Lipinski definition) is 2. The molecule has 3 atom stereocenters. The van der Waals surface area contributed by atoms with Crippen molar-refractivity contribution >= 4 is 0 Å². The van der Waals surface area contributed by atoms with Crippen LogP contribution in [0.1, 0.15) is 37.2 Å². The molecule has 3 N–H and O–H groups in total. The van der Waals surface area contributed by atoms with Gasteiger partial charge in [0.25, 0.3) is 0 Å². The summed E-state index contributed by atoms with van der Waals surface area (Å²) in [4.78, 5) is 0. The first-order valence-corrected chi connectivity index (χ1v) is 6.48. The molecule has 0 bridgehead atoms. The largest absolute Gasteiger partial charge is 0.271 e. The molecule has 0 spiro atoms. The SMILES string of the molecule is C=CCCCC(NN)C1CC1c1ccccc1. The van der Waals surface area contributed by atoms with Crippen LogP contribution in [0.15, 0.2) is 43.0 Å². The van der Waals surface area contributed by atoms with Gasteiger partial charge >= 0.3 is 0 Å². The zero-order chi connectivity index (χ0) is 12.1. The van der Waals surface area contributed by atoms with Crippen molar-refractivity contribution in [2.24, 2.45) is 11.8 Å². The molecular weight excluding hydrogens is 208 g/mol. The summed E-state index contributed by atoms with van der Waals surface area (Å²) < 4.78 is 0. The smallest absolute Gasteiger partial charge is 0.0244 e. The van der Waals surface area contributed by atoms with E-state index >= 15 is 0 Å². The molecule has 0 heterocycles. The van der Waals surface area contributed by atoms with Crippen molar-refractivity contribution in [1.82, 2.24) is 5.43 Å². The van der Waals surface area contributed by atoms with E-state index in [1.165, 1.54) is 18.4 Å². The average molecular weight is 230 g/mol. The fourth-order valence-corrected chi connectivity index (χ4v) is 2.65. The van der Waals surface area contributed by atoms with Crippen molar-refractivity contribution in [3.63, 3.8) is 0 Å². The summed E-state index contributed by atoms with van der Waals surface area (Å²) in [7, 11) is 0. The van der Waals surface area contributed by atoms with E-state index in [1.54, 1.807) is 0 Å². The van der Waals surface area contributed by atoms with Crippen LogP contribution in [0.2, 0.25) is 0 Å². The Kier molecular flexibility index (Phi) is 4.35. The molecule has 2 rings (SSSR count). The monoisotopic (exact) mass is 230 g/mol. The van der Waals surface area contributed by atoms with E-state index in [0.29, 0.717) is 17.9 Å². The normalized spacial score (nSPS) is 24.3. The Balaban J connectivity index is 1.85. The molecule has 0 amide bonds. The Labute approximate surface area is 104 Å². The molecule has 2 nitrogen and oxygen atoms in total. The molecule has 0 aromatic heterocycles. The van der Waals surface area contributed by atoms with Crippen molar-refractivity contribution in [3.8, 4) is 0 Å². The van der Waals surface area contributed by atoms with Gasteiger partial charge in [0.2, 0.25) is 0 Å². The molecule has 2 heteroatoms. The fraction of sp³-hybridized carbons (Fsp3) is 0.467. The average Bonchev–Trinajstić information content (AvgIpc) is 3.16. The first-order chi connectivity index (χ1) is 8.36. The summed E-state index contributed by atoms with van der Waals surface area (Å²) in [6.45, 7) is 3.75. The second-order valence-corrected chi connectivity index (χ2v) is 4.91. The highest BCUT2D eigenvalue weighted by atomic mass is 15.2. The van der Waals surface area contributed by atoms with E-state index in [2.05, 4.69) is 42.3 Å². The summed E-state index contributed by atoms with van der Waals surface area (Å²) in [5, 5.41) is 0. The van der Waals surface area contributed by atoms with Gasteiger partial charge in [-0.3, -0.25) is 11.3 Å². The third-order valence-electron chi connectivity index (χ3n) is 3.72. The van der Waals surface area contributed by atoms with Gasteiger partial charge in [-0.1, -0.05) is 36.4 Å².